The van der Waals surface area contributed by atoms with E-state index in [0.717, 1.165) is 23.1 Å². The van der Waals surface area contributed by atoms with Crippen molar-refractivity contribution >= 4 is 27.1 Å². The lowest BCUT2D eigenvalue weighted by Gasteiger charge is -2.26. The molecule has 2 heterocycles. The fourth-order valence-electron chi connectivity index (χ4n) is 3.49. The zero-order chi connectivity index (χ0) is 23.4. The Morgan fingerprint density at radius 3 is 2.67 bits per heavy atom. The molecule has 2 aliphatic rings. The van der Waals surface area contributed by atoms with Crippen LogP contribution in [0.4, 0.5) is 11.4 Å². The van der Waals surface area contributed by atoms with Gasteiger partial charge < -0.3 is 14.2 Å². The number of morpholine rings is 1. The van der Waals surface area contributed by atoms with Gasteiger partial charge in [-0.25, -0.2) is 8.42 Å². The van der Waals surface area contributed by atoms with Crippen molar-refractivity contribution in [3.8, 4) is 11.5 Å². The number of fused-ring (bicyclic) bond motifs is 1. The number of benzene rings is 2. The molecule has 11 nitrogen and oxygen atoms in total. The molecule has 0 radical (unpaired) electrons. The van der Waals surface area contributed by atoms with Gasteiger partial charge in [-0.1, -0.05) is 6.07 Å². The van der Waals surface area contributed by atoms with Gasteiger partial charge >= 0.3 is 0 Å². The molecular formula is C21H24N4O7S. The van der Waals surface area contributed by atoms with E-state index in [1.54, 1.807) is 0 Å². The second kappa shape index (κ2) is 9.73. The van der Waals surface area contributed by atoms with E-state index in [-0.39, 0.29) is 49.4 Å². The molecule has 0 unspecified atom stereocenters. The fraction of sp³-hybridized carbons (Fsp3) is 0.381. The molecule has 2 aliphatic heterocycles. The molecule has 2 aromatic rings. The van der Waals surface area contributed by atoms with Crippen molar-refractivity contribution in [1.29, 1.82) is 0 Å². The van der Waals surface area contributed by atoms with Crippen molar-refractivity contribution in [2.45, 2.75) is 24.7 Å². The number of rotatable bonds is 8. The van der Waals surface area contributed by atoms with Gasteiger partial charge in [0.05, 0.1) is 23.8 Å². The number of hydrogen-bond donors (Lipinski definition) is 1. The molecule has 0 atom stereocenters. The lowest BCUT2D eigenvalue weighted by molar-refractivity contribution is -0.385. The molecule has 0 aromatic heterocycles. The SMILES string of the molecule is C/C(CCc1ccc2c(c1)OCO2)=N\Nc1ccc([N+](=O)[O-])cc1S(=O)(=O)N1CCOCC1. The minimum Gasteiger partial charge on any atom is -0.454 e. The number of nitro groups is 1. The van der Waals surface area contributed by atoms with E-state index in [2.05, 4.69) is 10.5 Å². The second-order valence-electron chi connectivity index (χ2n) is 7.60. The van der Waals surface area contributed by atoms with Crippen LogP contribution in [0.3, 0.4) is 0 Å². The molecule has 0 amide bonds. The van der Waals surface area contributed by atoms with Crippen LogP contribution < -0.4 is 14.9 Å². The van der Waals surface area contributed by atoms with Gasteiger partial charge in [-0.05, 0) is 43.5 Å². The summed E-state index contributed by atoms with van der Waals surface area (Å²) in [6, 6.07) is 9.41. The normalized spacial score (nSPS) is 16.6. The van der Waals surface area contributed by atoms with Crippen molar-refractivity contribution in [2.75, 3.05) is 38.5 Å². The predicted octanol–water partition coefficient (Wildman–Crippen LogP) is 2.77. The number of aryl methyl sites for hydroxylation is 1. The molecule has 2 aromatic carbocycles. The predicted molar refractivity (Wildman–Crippen MR) is 120 cm³/mol. The highest BCUT2D eigenvalue weighted by atomic mass is 32.2. The van der Waals surface area contributed by atoms with E-state index < -0.39 is 14.9 Å². The number of nitrogens with one attached hydrogen (secondary N) is 1. The minimum absolute atomic E-state index is 0.175. The number of hydrazone groups is 1. The maximum atomic E-state index is 13.2. The zero-order valence-electron chi connectivity index (χ0n) is 18.0. The van der Waals surface area contributed by atoms with E-state index in [1.807, 2.05) is 25.1 Å². The van der Waals surface area contributed by atoms with Crippen LogP contribution in [0.25, 0.3) is 0 Å². The van der Waals surface area contributed by atoms with Crippen molar-refractivity contribution in [2.24, 2.45) is 5.10 Å². The highest BCUT2D eigenvalue weighted by Gasteiger charge is 2.30. The third kappa shape index (κ3) is 5.24. The van der Waals surface area contributed by atoms with Crippen molar-refractivity contribution in [1.82, 2.24) is 4.31 Å². The van der Waals surface area contributed by atoms with Crippen LogP contribution in [0.5, 0.6) is 11.5 Å². The van der Waals surface area contributed by atoms with E-state index in [9.17, 15) is 18.5 Å². The minimum atomic E-state index is -3.97. The highest BCUT2D eigenvalue weighted by molar-refractivity contribution is 7.89. The first-order valence-corrected chi connectivity index (χ1v) is 11.8. The fourth-order valence-corrected chi connectivity index (χ4v) is 5.06. The average molecular weight is 477 g/mol. The molecule has 1 fully saturated rings. The van der Waals surface area contributed by atoms with E-state index >= 15 is 0 Å². The van der Waals surface area contributed by atoms with Crippen molar-refractivity contribution in [3.05, 3.63) is 52.1 Å². The molecule has 4 rings (SSSR count). The number of nitrogens with zero attached hydrogens (tertiary/aromatic N) is 3. The Morgan fingerprint density at radius 2 is 1.91 bits per heavy atom. The quantitative estimate of drug-likeness (QED) is 0.349. The van der Waals surface area contributed by atoms with Crippen molar-refractivity contribution in [3.63, 3.8) is 0 Å². The third-order valence-electron chi connectivity index (χ3n) is 5.34. The van der Waals surface area contributed by atoms with Crippen LogP contribution in [0, 0.1) is 10.1 Å². The molecule has 1 N–H and O–H groups in total. The molecule has 12 heteroatoms. The van der Waals surface area contributed by atoms with Gasteiger partial charge in [0.1, 0.15) is 4.90 Å². The maximum Gasteiger partial charge on any atom is 0.270 e. The summed E-state index contributed by atoms with van der Waals surface area (Å²) in [5.41, 5.74) is 4.44. The summed E-state index contributed by atoms with van der Waals surface area (Å²) in [6.45, 7) is 2.95. The Kier molecular flexibility index (Phi) is 6.77. The summed E-state index contributed by atoms with van der Waals surface area (Å²) in [6.07, 6.45) is 1.32. The number of sulfonamides is 1. The van der Waals surface area contributed by atoms with Crippen LogP contribution in [0.1, 0.15) is 18.9 Å². The van der Waals surface area contributed by atoms with Crippen molar-refractivity contribution < 1.29 is 27.6 Å². The van der Waals surface area contributed by atoms with Crippen LogP contribution in [-0.2, 0) is 21.2 Å². The van der Waals surface area contributed by atoms with Crippen LogP contribution in [0.15, 0.2) is 46.4 Å². The Balaban J connectivity index is 1.50. The number of ether oxygens (including phenoxy) is 3. The molecule has 1 saturated heterocycles. The highest BCUT2D eigenvalue weighted by Crippen LogP contribution is 2.33. The first-order valence-electron chi connectivity index (χ1n) is 10.4. The summed E-state index contributed by atoms with van der Waals surface area (Å²) in [4.78, 5) is 10.4. The Morgan fingerprint density at radius 1 is 1.15 bits per heavy atom. The smallest absolute Gasteiger partial charge is 0.270 e. The number of anilines is 1. The Hall–Kier alpha value is -3.22. The number of hydrogen-bond acceptors (Lipinski definition) is 9. The van der Waals surface area contributed by atoms with Crippen LogP contribution >= 0.6 is 0 Å². The number of non-ortho nitro benzene ring substituents is 1. The summed E-state index contributed by atoms with van der Waals surface area (Å²) < 4.78 is 43.5. The topological polar surface area (TPSA) is 133 Å². The van der Waals surface area contributed by atoms with Gasteiger partial charge in [-0.2, -0.15) is 9.41 Å². The lowest BCUT2D eigenvalue weighted by Crippen LogP contribution is -2.40. The van der Waals surface area contributed by atoms with Crippen LogP contribution in [-0.4, -0.2) is 56.5 Å². The van der Waals surface area contributed by atoms with Gasteiger partial charge in [-0.3, -0.25) is 15.5 Å². The largest absolute Gasteiger partial charge is 0.454 e. The molecule has 0 bridgehead atoms. The standard InChI is InChI=1S/C21H24N4O7S/c1-15(2-3-16-4-7-19-20(12-16)32-14-31-19)22-23-18-6-5-17(25(26)27)13-21(18)33(28,29)24-8-10-30-11-9-24/h4-7,12-13,23H,2-3,8-11,14H2,1H3/b22-15+. The summed E-state index contributed by atoms with van der Waals surface area (Å²) in [5, 5.41) is 15.5. The Labute approximate surface area is 191 Å². The molecule has 33 heavy (non-hydrogen) atoms. The first-order chi connectivity index (χ1) is 15.8. The average Bonchev–Trinajstić information content (AvgIpc) is 3.29. The van der Waals surface area contributed by atoms with Gasteiger partial charge in [0.2, 0.25) is 16.8 Å². The Bertz CT molecular complexity index is 1180. The number of nitro benzene ring substituents is 1. The second-order valence-corrected chi connectivity index (χ2v) is 9.51. The third-order valence-corrected chi connectivity index (χ3v) is 7.28. The molecule has 176 valence electrons. The first kappa shape index (κ1) is 23.0. The van der Waals surface area contributed by atoms with Crippen LogP contribution in [0.2, 0.25) is 0 Å². The maximum absolute atomic E-state index is 13.2. The molecular weight excluding hydrogens is 452 g/mol. The van der Waals surface area contributed by atoms with E-state index in [1.165, 1.54) is 16.4 Å². The summed E-state index contributed by atoms with van der Waals surface area (Å²) >= 11 is 0. The van der Waals surface area contributed by atoms with Gasteiger partial charge in [0, 0.05) is 30.9 Å². The van der Waals surface area contributed by atoms with Gasteiger partial charge in [0.25, 0.3) is 5.69 Å². The molecule has 0 aliphatic carbocycles. The molecule has 0 saturated carbocycles. The zero-order valence-corrected chi connectivity index (χ0v) is 18.8. The van der Waals surface area contributed by atoms with E-state index in [4.69, 9.17) is 14.2 Å². The van der Waals surface area contributed by atoms with Gasteiger partial charge in [-0.15, -0.1) is 0 Å². The molecule has 0 spiro atoms. The van der Waals surface area contributed by atoms with Gasteiger partial charge in [0.15, 0.2) is 11.5 Å². The monoisotopic (exact) mass is 476 g/mol. The van der Waals surface area contributed by atoms with E-state index in [0.29, 0.717) is 18.6 Å². The summed E-state index contributed by atoms with van der Waals surface area (Å²) in [5.74, 6) is 1.43. The lowest BCUT2D eigenvalue weighted by atomic mass is 10.1. The summed E-state index contributed by atoms with van der Waals surface area (Å²) in [7, 11) is -3.97.